The van der Waals surface area contributed by atoms with Crippen LogP contribution in [0.4, 0.5) is 5.82 Å². The largest absolute Gasteiger partial charge is 0.370 e. The van der Waals surface area contributed by atoms with Crippen molar-refractivity contribution in [3.05, 3.63) is 23.9 Å². The van der Waals surface area contributed by atoms with E-state index in [0.717, 1.165) is 30.6 Å². The molecule has 0 spiro atoms. The predicted molar refractivity (Wildman–Crippen MR) is 80.9 cm³/mol. The molecule has 0 unspecified atom stereocenters. The van der Waals surface area contributed by atoms with Crippen LogP contribution >= 0.6 is 0 Å². The smallest absolute Gasteiger partial charge is 0.311 e. The SMILES string of the molecule is Cc1ccc(NCCCNC(=O)C(=O)N2CCCC2)nc1. The van der Waals surface area contributed by atoms with Crippen molar-refractivity contribution >= 4 is 17.6 Å². The summed E-state index contributed by atoms with van der Waals surface area (Å²) in [6.07, 6.45) is 4.53. The zero-order valence-electron chi connectivity index (χ0n) is 12.4. The molecule has 2 heterocycles. The van der Waals surface area contributed by atoms with Crippen LogP contribution in [0.2, 0.25) is 0 Å². The van der Waals surface area contributed by atoms with Crippen molar-refractivity contribution in [2.45, 2.75) is 26.2 Å². The molecule has 2 N–H and O–H groups in total. The first kappa shape index (κ1) is 15.3. The molecular weight excluding hydrogens is 268 g/mol. The molecule has 21 heavy (non-hydrogen) atoms. The number of aryl methyl sites for hydroxylation is 1. The Kier molecular flexibility index (Phi) is 5.54. The number of nitrogens with zero attached hydrogens (tertiary/aromatic N) is 2. The Morgan fingerprint density at radius 2 is 2.00 bits per heavy atom. The molecule has 1 aliphatic heterocycles. The number of rotatable bonds is 5. The first-order valence-electron chi connectivity index (χ1n) is 7.40. The zero-order chi connectivity index (χ0) is 15.1. The Morgan fingerprint density at radius 1 is 1.24 bits per heavy atom. The summed E-state index contributed by atoms with van der Waals surface area (Å²) >= 11 is 0. The molecule has 0 bridgehead atoms. The third-order valence-corrected chi connectivity index (χ3v) is 3.44. The fourth-order valence-corrected chi connectivity index (χ4v) is 2.22. The number of likely N-dealkylation sites (tertiary alicyclic amines) is 1. The van der Waals surface area contributed by atoms with Crippen LogP contribution in [0.25, 0.3) is 0 Å². The van der Waals surface area contributed by atoms with Gasteiger partial charge >= 0.3 is 11.8 Å². The van der Waals surface area contributed by atoms with E-state index < -0.39 is 11.8 Å². The lowest BCUT2D eigenvalue weighted by Crippen LogP contribution is -2.42. The van der Waals surface area contributed by atoms with E-state index >= 15 is 0 Å². The summed E-state index contributed by atoms with van der Waals surface area (Å²) in [6, 6.07) is 3.91. The van der Waals surface area contributed by atoms with Gasteiger partial charge in [-0.3, -0.25) is 9.59 Å². The Morgan fingerprint density at radius 3 is 2.67 bits per heavy atom. The van der Waals surface area contributed by atoms with Crippen molar-refractivity contribution in [2.24, 2.45) is 0 Å². The summed E-state index contributed by atoms with van der Waals surface area (Å²) in [5, 5.41) is 5.84. The average Bonchev–Trinajstić information content (AvgIpc) is 3.02. The maximum atomic E-state index is 11.8. The lowest BCUT2D eigenvalue weighted by Gasteiger charge is -2.14. The van der Waals surface area contributed by atoms with E-state index in [4.69, 9.17) is 0 Å². The van der Waals surface area contributed by atoms with E-state index in [1.54, 1.807) is 11.1 Å². The van der Waals surface area contributed by atoms with Gasteiger partial charge in [-0.2, -0.15) is 0 Å². The molecule has 1 fully saturated rings. The minimum Gasteiger partial charge on any atom is -0.370 e. The molecule has 2 rings (SSSR count). The number of pyridine rings is 1. The highest BCUT2D eigenvalue weighted by Crippen LogP contribution is 2.07. The molecule has 0 atom stereocenters. The first-order chi connectivity index (χ1) is 10.2. The Labute approximate surface area is 124 Å². The van der Waals surface area contributed by atoms with Crippen LogP contribution in [0.15, 0.2) is 18.3 Å². The van der Waals surface area contributed by atoms with Gasteiger partial charge in [0.1, 0.15) is 5.82 Å². The van der Waals surface area contributed by atoms with Gasteiger partial charge in [0.2, 0.25) is 0 Å². The van der Waals surface area contributed by atoms with Crippen molar-refractivity contribution in [3.8, 4) is 0 Å². The summed E-state index contributed by atoms with van der Waals surface area (Å²) in [4.78, 5) is 29.3. The topological polar surface area (TPSA) is 74.3 Å². The summed E-state index contributed by atoms with van der Waals surface area (Å²) < 4.78 is 0. The van der Waals surface area contributed by atoms with E-state index in [0.29, 0.717) is 26.2 Å². The van der Waals surface area contributed by atoms with Gasteiger partial charge < -0.3 is 15.5 Å². The molecule has 0 aliphatic carbocycles. The molecule has 6 heteroatoms. The van der Waals surface area contributed by atoms with E-state index in [9.17, 15) is 9.59 Å². The van der Waals surface area contributed by atoms with Gasteiger partial charge in [0.05, 0.1) is 0 Å². The standard InChI is InChI=1S/C15H22N4O2/c1-12-5-6-13(18-11-12)16-7-4-8-17-14(20)15(21)19-9-2-3-10-19/h5-6,11H,2-4,7-10H2,1H3,(H,16,18)(H,17,20). The fourth-order valence-electron chi connectivity index (χ4n) is 2.22. The molecule has 0 aromatic carbocycles. The summed E-state index contributed by atoms with van der Waals surface area (Å²) in [7, 11) is 0. The minimum atomic E-state index is -0.495. The molecule has 114 valence electrons. The molecule has 1 aromatic rings. The summed E-state index contributed by atoms with van der Waals surface area (Å²) in [5.74, 6) is -0.0777. The first-order valence-corrected chi connectivity index (χ1v) is 7.40. The van der Waals surface area contributed by atoms with Crippen LogP contribution in [0, 0.1) is 6.92 Å². The fraction of sp³-hybridized carbons (Fsp3) is 0.533. The van der Waals surface area contributed by atoms with Crippen molar-refractivity contribution in [2.75, 3.05) is 31.5 Å². The number of carbonyl (C=O) groups is 2. The van der Waals surface area contributed by atoms with Gasteiger partial charge in [-0.25, -0.2) is 4.98 Å². The van der Waals surface area contributed by atoms with Crippen LogP contribution < -0.4 is 10.6 Å². The molecular formula is C15H22N4O2. The molecule has 6 nitrogen and oxygen atoms in total. The predicted octanol–water partition coefficient (Wildman–Crippen LogP) is 0.931. The van der Waals surface area contributed by atoms with E-state index in [1.165, 1.54) is 0 Å². The highest BCUT2D eigenvalue weighted by atomic mass is 16.2. The van der Waals surface area contributed by atoms with Crippen molar-refractivity contribution in [3.63, 3.8) is 0 Å². The van der Waals surface area contributed by atoms with Gasteiger partial charge in [-0.15, -0.1) is 0 Å². The number of hydrogen-bond donors (Lipinski definition) is 2. The van der Waals surface area contributed by atoms with Crippen LogP contribution in [0.1, 0.15) is 24.8 Å². The highest BCUT2D eigenvalue weighted by Gasteiger charge is 2.23. The van der Waals surface area contributed by atoms with Gasteiger partial charge in [0, 0.05) is 32.4 Å². The summed E-state index contributed by atoms with van der Waals surface area (Å²) in [6.45, 7) is 4.58. The third kappa shape index (κ3) is 4.73. The Balaban J connectivity index is 1.59. The molecule has 1 saturated heterocycles. The number of aromatic nitrogens is 1. The Bertz CT molecular complexity index is 481. The lowest BCUT2D eigenvalue weighted by molar-refractivity contribution is -0.145. The van der Waals surface area contributed by atoms with Gasteiger partial charge in [0.15, 0.2) is 0 Å². The van der Waals surface area contributed by atoms with Crippen LogP contribution in [0.5, 0.6) is 0 Å². The second-order valence-corrected chi connectivity index (χ2v) is 5.26. The van der Waals surface area contributed by atoms with E-state index in [1.807, 2.05) is 19.1 Å². The van der Waals surface area contributed by atoms with Crippen molar-refractivity contribution in [1.29, 1.82) is 0 Å². The number of carbonyl (C=O) groups excluding carboxylic acids is 2. The van der Waals surface area contributed by atoms with Crippen molar-refractivity contribution < 1.29 is 9.59 Å². The maximum absolute atomic E-state index is 11.8. The zero-order valence-corrected chi connectivity index (χ0v) is 12.4. The minimum absolute atomic E-state index is 0.402. The molecule has 0 saturated carbocycles. The van der Waals surface area contributed by atoms with Gasteiger partial charge in [-0.05, 0) is 37.8 Å². The quantitative estimate of drug-likeness (QED) is 0.625. The van der Waals surface area contributed by atoms with Gasteiger partial charge in [-0.1, -0.05) is 6.07 Å². The number of anilines is 1. The molecule has 0 radical (unpaired) electrons. The van der Waals surface area contributed by atoms with E-state index in [2.05, 4.69) is 15.6 Å². The summed E-state index contributed by atoms with van der Waals surface area (Å²) in [5.41, 5.74) is 1.12. The molecule has 2 amide bonds. The lowest BCUT2D eigenvalue weighted by atomic mass is 10.3. The van der Waals surface area contributed by atoms with Crippen LogP contribution in [0.3, 0.4) is 0 Å². The second-order valence-electron chi connectivity index (χ2n) is 5.26. The van der Waals surface area contributed by atoms with Gasteiger partial charge in [0.25, 0.3) is 0 Å². The maximum Gasteiger partial charge on any atom is 0.311 e. The number of nitrogens with one attached hydrogen (secondary N) is 2. The number of amides is 2. The third-order valence-electron chi connectivity index (χ3n) is 3.44. The molecule has 1 aliphatic rings. The van der Waals surface area contributed by atoms with Crippen LogP contribution in [-0.4, -0.2) is 47.9 Å². The monoisotopic (exact) mass is 290 g/mol. The van der Waals surface area contributed by atoms with E-state index in [-0.39, 0.29) is 0 Å². The second kappa shape index (κ2) is 7.61. The van der Waals surface area contributed by atoms with Crippen LogP contribution in [-0.2, 0) is 9.59 Å². The normalized spacial score (nSPS) is 14.0. The number of hydrogen-bond acceptors (Lipinski definition) is 4. The molecule has 1 aromatic heterocycles. The van der Waals surface area contributed by atoms with Crippen molar-refractivity contribution in [1.82, 2.24) is 15.2 Å². The Hall–Kier alpha value is -2.11. The highest BCUT2D eigenvalue weighted by molar-refractivity contribution is 6.35. The average molecular weight is 290 g/mol.